The van der Waals surface area contributed by atoms with Crippen LogP contribution in [0.3, 0.4) is 0 Å². The topological polar surface area (TPSA) is 3.24 Å². The van der Waals surface area contributed by atoms with E-state index in [1.54, 1.807) is 0 Å². The van der Waals surface area contributed by atoms with E-state index in [0.29, 0.717) is 0 Å². The van der Waals surface area contributed by atoms with Gasteiger partial charge in [-0.15, -0.1) is 0 Å². The number of hydrogen-bond acceptors (Lipinski definition) is 1. The number of rotatable bonds is 9. The van der Waals surface area contributed by atoms with Crippen LogP contribution in [0.2, 0.25) is 0 Å². The second-order valence-electron chi connectivity index (χ2n) is 13.1. The van der Waals surface area contributed by atoms with Crippen LogP contribution >= 0.6 is 0 Å². The summed E-state index contributed by atoms with van der Waals surface area (Å²) >= 11 is 0. The highest BCUT2D eigenvalue weighted by molar-refractivity contribution is 5.80. The van der Waals surface area contributed by atoms with Crippen molar-refractivity contribution in [3.63, 3.8) is 0 Å². The monoisotopic (exact) mass is 635 g/mol. The van der Waals surface area contributed by atoms with Gasteiger partial charge >= 0.3 is 0 Å². The van der Waals surface area contributed by atoms with E-state index in [9.17, 15) is 0 Å². The Morgan fingerprint density at radius 1 is 0.265 bits per heavy atom. The molecule has 6 aromatic carbocycles. The SMILES string of the molecule is Cc1ccc(C=Cc2ccc(N(c3ccc(C=Cc4ccc(C)c(C)c4)cc3)c3ccc(C=Cc4ccc(C)c(C)c4)cc3)cc2)cc1C. The van der Waals surface area contributed by atoms with Gasteiger partial charge in [0.05, 0.1) is 0 Å². The van der Waals surface area contributed by atoms with Crippen LogP contribution in [0.15, 0.2) is 127 Å². The zero-order valence-electron chi connectivity index (χ0n) is 29.5. The fraction of sp³-hybridized carbons (Fsp3) is 0.125. The van der Waals surface area contributed by atoms with E-state index in [0.717, 1.165) is 17.1 Å². The van der Waals surface area contributed by atoms with Gasteiger partial charge < -0.3 is 4.90 Å². The number of nitrogens with zero attached hydrogens (tertiary/aromatic N) is 1. The Labute approximate surface area is 293 Å². The lowest BCUT2D eigenvalue weighted by Crippen LogP contribution is -2.09. The van der Waals surface area contributed by atoms with Crippen molar-refractivity contribution >= 4 is 53.5 Å². The Bertz CT molecular complexity index is 1890. The second kappa shape index (κ2) is 15.0. The zero-order chi connectivity index (χ0) is 34.3. The fourth-order valence-electron chi connectivity index (χ4n) is 5.83. The van der Waals surface area contributed by atoms with Gasteiger partial charge in [0.25, 0.3) is 0 Å². The van der Waals surface area contributed by atoms with Crippen LogP contribution < -0.4 is 4.90 Å². The average molecular weight is 636 g/mol. The van der Waals surface area contributed by atoms with Gasteiger partial charge in [0.2, 0.25) is 0 Å². The lowest BCUT2D eigenvalue weighted by atomic mass is 10.0. The Kier molecular flexibility index (Phi) is 10.2. The molecule has 0 saturated heterocycles. The number of aryl methyl sites for hydroxylation is 6. The molecule has 0 unspecified atom stereocenters. The number of anilines is 3. The normalized spacial score (nSPS) is 11.6. The van der Waals surface area contributed by atoms with Gasteiger partial charge in [-0.05, 0) is 145 Å². The van der Waals surface area contributed by atoms with Crippen molar-refractivity contribution in [3.05, 3.63) is 194 Å². The molecule has 49 heavy (non-hydrogen) atoms. The summed E-state index contributed by atoms with van der Waals surface area (Å²) in [6, 6.07) is 46.2. The van der Waals surface area contributed by atoms with Crippen molar-refractivity contribution < 1.29 is 0 Å². The largest absolute Gasteiger partial charge is 0.311 e. The molecule has 6 aromatic rings. The summed E-state index contributed by atoms with van der Waals surface area (Å²) in [6.07, 6.45) is 13.1. The predicted molar refractivity (Wildman–Crippen MR) is 216 cm³/mol. The van der Waals surface area contributed by atoms with Crippen LogP contribution in [-0.4, -0.2) is 0 Å². The Morgan fingerprint density at radius 2 is 0.490 bits per heavy atom. The first kappa shape index (κ1) is 33.2. The van der Waals surface area contributed by atoms with Crippen LogP contribution in [0.5, 0.6) is 0 Å². The van der Waals surface area contributed by atoms with Gasteiger partial charge in [-0.1, -0.05) is 127 Å². The number of benzene rings is 6. The van der Waals surface area contributed by atoms with Crippen molar-refractivity contribution in [1.82, 2.24) is 0 Å². The maximum Gasteiger partial charge on any atom is 0.0462 e. The summed E-state index contributed by atoms with van der Waals surface area (Å²) < 4.78 is 0. The maximum absolute atomic E-state index is 2.32. The molecule has 0 aliphatic rings. The molecule has 0 heterocycles. The molecule has 0 saturated carbocycles. The van der Waals surface area contributed by atoms with Crippen molar-refractivity contribution in [3.8, 4) is 0 Å². The van der Waals surface area contributed by atoms with E-state index in [2.05, 4.69) is 210 Å². The van der Waals surface area contributed by atoms with Crippen LogP contribution in [0.4, 0.5) is 17.1 Å². The molecule has 0 atom stereocenters. The predicted octanol–water partition coefficient (Wildman–Crippen LogP) is 13.5. The van der Waals surface area contributed by atoms with E-state index >= 15 is 0 Å². The molecule has 0 aliphatic heterocycles. The third-order valence-electron chi connectivity index (χ3n) is 9.45. The molecule has 1 heteroatoms. The molecule has 0 N–H and O–H groups in total. The van der Waals surface area contributed by atoms with Crippen LogP contribution in [0.1, 0.15) is 66.8 Å². The molecular weight excluding hydrogens is 591 g/mol. The minimum Gasteiger partial charge on any atom is -0.311 e. The first-order valence-electron chi connectivity index (χ1n) is 17.1. The lowest BCUT2D eigenvalue weighted by Gasteiger charge is -2.26. The maximum atomic E-state index is 2.32. The summed E-state index contributed by atoms with van der Waals surface area (Å²) in [5, 5.41) is 0. The first-order chi connectivity index (χ1) is 23.7. The smallest absolute Gasteiger partial charge is 0.0462 e. The summed E-state index contributed by atoms with van der Waals surface area (Å²) in [7, 11) is 0. The van der Waals surface area contributed by atoms with E-state index in [-0.39, 0.29) is 0 Å². The number of hydrogen-bond donors (Lipinski definition) is 0. The van der Waals surface area contributed by atoms with Gasteiger partial charge in [0, 0.05) is 17.1 Å². The molecule has 0 amide bonds. The van der Waals surface area contributed by atoms with E-state index in [4.69, 9.17) is 0 Å². The third kappa shape index (κ3) is 8.44. The molecule has 6 rings (SSSR count). The van der Waals surface area contributed by atoms with Crippen molar-refractivity contribution in [1.29, 1.82) is 0 Å². The molecule has 242 valence electrons. The summed E-state index contributed by atoms with van der Waals surface area (Å²) in [4.78, 5) is 2.32. The molecule has 0 fully saturated rings. The quantitative estimate of drug-likeness (QED) is 0.143. The van der Waals surface area contributed by atoms with Gasteiger partial charge in [-0.3, -0.25) is 0 Å². The van der Waals surface area contributed by atoms with E-state index in [1.165, 1.54) is 66.8 Å². The highest BCUT2D eigenvalue weighted by Gasteiger charge is 2.12. The molecule has 0 spiro atoms. The molecule has 0 bridgehead atoms. The average Bonchev–Trinajstić information content (AvgIpc) is 3.11. The summed E-state index contributed by atoms with van der Waals surface area (Å²) in [5.74, 6) is 0. The van der Waals surface area contributed by atoms with Gasteiger partial charge in [-0.25, -0.2) is 0 Å². The lowest BCUT2D eigenvalue weighted by molar-refractivity contribution is 1.28. The van der Waals surface area contributed by atoms with Crippen molar-refractivity contribution in [2.24, 2.45) is 0 Å². The second-order valence-corrected chi connectivity index (χ2v) is 13.1. The summed E-state index contributed by atoms with van der Waals surface area (Å²) in [5.41, 5.74) is 18.4. The van der Waals surface area contributed by atoms with Crippen molar-refractivity contribution in [2.45, 2.75) is 41.5 Å². The van der Waals surface area contributed by atoms with Gasteiger partial charge in [0.1, 0.15) is 0 Å². The highest BCUT2D eigenvalue weighted by atomic mass is 15.1. The third-order valence-corrected chi connectivity index (χ3v) is 9.45. The fourth-order valence-corrected chi connectivity index (χ4v) is 5.83. The summed E-state index contributed by atoms with van der Waals surface area (Å²) in [6.45, 7) is 13.0. The molecule has 1 nitrogen and oxygen atoms in total. The van der Waals surface area contributed by atoms with Crippen molar-refractivity contribution in [2.75, 3.05) is 4.90 Å². The molecular formula is C48H45N. The highest BCUT2D eigenvalue weighted by Crippen LogP contribution is 2.35. The van der Waals surface area contributed by atoms with Crippen LogP contribution in [0.25, 0.3) is 36.5 Å². The molecule has 0 aromatic heterocycles. The Morgan fingerprint density at radius 3 is 0.735 bits per heavy atom. The molecule has 0 aliphatic carbocycles. The Balaban J connectivity index is 1.27. The first-order valence-corrected chi connectivity index (χ1v) is 17.1. The van der Waals surface area contributed by atoms with Gasteiger partial charge in [0.15, 0.2) is 0 Å². The van der Waals surface area contributed by atoms with Crippen LogP contribution in [-0.2, 0) is 0 Å². The molecule has 0 radical (unpaired) electrons. The van der Waals surface area contributed by atoms with Gasteiger partial charge in [-0.2, -0.15) is 0 Å². The minimum absolute atomic E-state index is 1.11. The van der Waals surface area contributed by atoms with E-state index < -0.39 is 0 Å². The standard InChI is InChI=1S/C48H45N/c1-34-7-10-43(31-37(34)4)16-13-40-19-25-46(26-20-40)49(47-27-21-41(22-28-47)14-17-44-11-8-35(2)38(5)32-44)48-29-23-42(24-30-48)15-18-45-12-9-36(3)39(6)33-45/h7-33H,1-6H3. The zero-order valence-corrected chi connectivity index (χ0v) is 29.5. The van der Waals surface area contributed by atoms with Crippen LogP contribution in [0, 0.1) is 41.5 Å². The van der Waals surface area contributed by atoms with E-state index in [1.807, 2.05) is 0 Å². The minimum atomic E-state index is 1.11. The Hall–Kier alpha value is -5.66.